The first-order valence-electron chi connectivity index (χ1n) is 10.7. The van der Waals surface area contributed by atoms with Gasteiger partial charge < -0.3 is 9.47 Å². The number of piperazine rings is 1. The molecule has 1 fully saturated rings. The van der Waals surface area contributed by atoms with E-state index in [4.69, 9.17) is 22.3 Å². The quantitative estimate of drug-likeness (QED) is 0.291. The zero-order valence-electron chi connectivity index (χ0n) is 18.2. The van der Waals surface area contributed by atoms with Gasteiger partial charge in [-0.05, 0) is 37.0 Å². The van der Waals surface area contributed by atoms with Crippen molar-refractivity contribution in [1.29, 1.82) is 0 Å². The van der Waals surface area contributed by atoms with E-state index in [2.05, 4.69) is 65.4 Å². The lowest BCUT2D eigenvalue weighted by Gasteiger charge is -2.40. The minimum Gasteiger partial charge on any atom is -0.306 e. The summed E-state index contributed by atoms with van der Waals surface area (Å²) in [6.45, 7) is 3.74. The predicted molar refractivity (Wildman–Crippen MR) is 135 cm³/mol. The third-order valence-electron chi connectivity index (χ3n) is 5.92. The van der Waals surface area contributed by atoms with Gasteiger partial charge in [0.1, 0.15) is 5.82 Å². The number of hydrogen-bond acceptors (Lipinski definition) is 7. The molecule has 0 N–H and O–H groups in total. The molecule has 4 aromatic rings. The third-order valence-corrected chi connectivity index (χ3v) is 8.58. The Morgan fingerprint density at radius 2 is 1.84 bits per heavy atom. The molecule has 166 valence electrons. The Kier molecular flexibility index (Phi) is 6.43. The number of hydrogen-bond donors (Lipinski definition) is 0. The Balaban J connectivity index is 1.33. The van der Waals surface area contributed by atoms with Crippen molar-refractivity contribution in [2.75, 3.05) is 26.7 Å². The van der Waals surface area contributed by atoms with Crippen LogP contribution in [0, 0.1) is 4.77 Å². The maximum atomic E-state index is 5.75. The number of benzene rings is 2. The molecular weight excluding hydrogens is 456 g/mol. The van der Waals surface area contributed by atoms with Crippen LogP contribution in [0.25, 0.3) is 10.2 Å². The van der Waals surface area contributed by atoms with Gasteiger partial charge in [-0.15, -0.1) is 11.3 Å². The summed E-state index contributed by atoms with van der Waals surface area (Å²) in [6.07, 6.45) is 0. The summed E-state index contributed by atoms with van der Waals surface area (Å²) in [4.78, 5) is 9.61. The van der Waals surface area contributed by atoms with Gasteiger partial charge in [0.2, 0.25) is 0 Å². The summed E-state index contributed by atoms with van der Waals surface area (Å²) < 4.78 is 7.05. The highest BCUT2D eigenvalue weighted by Crippen LogP contribution is 2.31. The summed E-state index contributed by atoms with van der Waals surface area (Å²) in [7, 11) is 4.20. The van der Waals surface area contributed by atoms with Gasteiger partial charge in [-0.25, -0.2) is 9.67 Å². The van der Waals surface area contributed by atoms with E-state index >= 15 is 0 Å². The van der Waals surface area contributed by atoms with E-state index in [-0.39, 0.29) is 0 Å². The molecule has 0 spiro atoms. The Morgan fingerprint density at radius 1 is 1.06 bits per heavy atom. The van der Waals surface area contributed by atoms with E-state index in [0.717, 1.165) is 45.8 Å². The van der Waals surface area contributed by atoms with Crippen LogP contribution in [0.5, 0.6) is 0 Å². The average molecular weight is 483 g/mol. The lowest BCUT2D eigenvalue weighted by atomic mass is 10.0. The van der Waals surface area contributed by atoms with Crippen LogP contribution in [-0.4, -0.2) is 55.8 Å². The zero-order valence-corrected chi connectivity index (χ0v) is 20.7. The zero-order chi connectivity index (χ0) is 22.1. The van der Waals surface area contributed by atoms with Crippen LogP contribution in [-0.2, 0) is 19.5 Å². The van der Waals surface area contributed by atoms with Crippen LogP contribution in [0.3, 0.4) is 0 Å². The molecule has 2 aromatic heterocycles. The molecule has 2 aromatic carbocycles. The SMILES string of the molecule is CN1CCN(Cn2nc(CSc3nc4ccccc4s3)n(C)c2=S)C(c2ccccc2)C1. The lowest BCUT2D eigenvalue weighted by Crippen LogP contribution is -2.47. The highest BCUT2D eigenvalue weighted by atomic mass is 32.2. The Bertz CT molecular complexity index is 1230. The molecule has 1 saturated heterocycles. The number of fused-ring (bicyclic) bond motifs is 1. The van der Waals surface area contributed by atoms with Crippen LogP contribution in [0.4, 0.5) is 0 Å². The molecule has 32 heavy (non-hydrogen) atoms. The molecule has 0 aliphatic carbocycles. The largest absolute Gasteiger partial charge is 0.306 e. The molecule has 0 amide bonds. The van der Waals surface area contributed by atoms with E-state index in [1.807, 2.05) is 22.4 Å². The molecule has 1 aliphatic heterocycles. The van der Waals surface area contributed by atoms with E-state index < -0.39 is 0 Å². The number of thiazole rings is 1. The Labute approximate surface area is 201 Å². The van der Waals surface area contributed by atoms with Crippen LogP contribution >= 0.6 is 35.3 Å². The number of para-hydroxylation sites is 1. The fourth-order valence-corrected chi connectivity index (χ4v) is 6.33. The smallest absolute Gasteiger partial charge is 0.198 e. The van der Waals surface area contributed by atoms with Crippen molar-refractivity contribution in [3.8, 4) is 0 Å². The van der Waals surface area contributed by atoms with Crippen molar-refractivity contribution in [1.82, 2.24) is 29.1 Å². The van der Waals surface area contributed by atoms with Gasteiger partial charge in [0.05, 0.1) is 22.6 Å². The first kappa shape index (κ1) is 21.8. The van der Waals surface area contributed by atoms with E-state index in [1.165, 1.54) is 10.3 Å². The van der Waals surface area contributed by atoms with Gasteiger partial charge in [-0.3, -0.25) is 4.90 Å². The number of aromatic nitrogens is 4. The number of likely N-dealkylation sites (N-methyl/N-ethyl adjacent to an activating group) is 1. The third kappa shape index (κ3) is 4.53. The maximum absolute atomic E-state index is 5.75. The first-order valence-corrected chi connectivity index (χ1v) is 12.9. The summed E-state index contributed by atoms with van der Waals surface area (Å²) in [5.74, 6) is 1.72. The van der Waals surface area contributed by atoms with Gasteiger partial charge >= 0.3 is 0 Å². The normalized spacial score (nSPS) is 17.9. The summed E-state index contributed by atoms with van der Waals surface area (Å²) >= 11 is 9.20. The van der Waals surface area contributed by atoms with Gasteiger partial charge in [-0.2, -0.15) is 5.10 Å². The maximum Gasteiger partial charge on any atom is 0.198 e. The van der Waals surface area contributed by atoms with Crippen LogP contribution in [0.15, 0.2) is 58.9 Å². The second-order valence-corrected chi connectivity index (χ2v) is 10.8. The Morgan fingerprint density at radius 3 is 2.66 bits per heavy atom. The molecule has 5 rings (SSSR count). The second kappa shape index (κ2) is 9.44. The predicted octanol–water partition coefficient (Wildman–Crippen LogP) is 4.80. The summed E-state index contributed by atoms with van der Waals surface area (Å²) in [6, 6.07) is 19.3. The molecule has 3 heterocycles. The van der Waals surface area contributed by atoms with Crippen molar-refractivity contribution in [2.45, 2.75) is 22.8 Å². The molecule has 0 saturated carbocycles. The van der Waals surface area contributed by atoms with Crippen LogP contribution < -0.4 is 0 Å². The highest BCUT2D eigenvalue weighted by Gasteiger charge is 2.27. The standard InChI is InChI=1S/C23H26N6S3/c1-26-12-13-28(19(14-26)17-8-4-3-5-9-17)16-29-23(30)27(2)21(25-29)15-31-22-24-18-10-6-7-11-20(18)32-22/h3-11,19H,12-16H2,1-2H3. The van der Waals surface area contributed by atoms with Crippen molar-refractivity contribution < 1.29 is 0 Å². The van der Waals surface area contributed by atoms with Crippen molar-refractivity contribution in [3.05, 3.63) is 70.8 Å². The Hall–Kier alpha value is -2.04. The molecule has 6 nitrogen and oxygen atoms in total. The van der Waals surface area contributed by atoms with Crippen molar-refractivity contribution in [2.24, 2.45) is 7.05 Å². The number of thioether (sulfide) groups is 1. The van der Waals surface area contributed by atoms with Gasteiger partial charge in [0.25, 0.3) is 0 Å². The minimum absolute atomic E-state index is 0.333. The van der Waals surface area contributed by atoms with Gasteiger partial charge in [0, 0.05) is 32.7 Å². The van der Waals surface area contributed by atoms with Gasteiger partial charge in [0.15, 0.2) is 9.11 Å². The van der Waals surface area contributed by atoms with E-state index in [1.54, 1.807) is 23.1 Å². The van der Waals surface area contributed by atoms with E-state index in [9.17, 15) is 0 Å². The van der Waals surface area contributed by atoms with Crippen LogP contribution in [0.1, 0.15) is 17.4 Å². The topological polar surface area (TPSA) is 42.1 Å². The van der Waals surface area contributed by atoms with Crippen molar-refractivity contribution in [3.63, 3.8) is 0 Å². The molecule has 0 radical (unpaired) electrons. The minimum atomic E-state index is 0.333. The molecule has 1 atom stereocenters. The van der Waals surface area contributed by atoms with Crippen LogP contribution in [0.2, 0.25) is 0 Å². The summed E-state index contributed by atoms with van der Waals surface area (Å²) in [5, 5.41) is 4.90. The lowest BCUT2D eigenvalue weighted by molar-refractivity contribution is 0.0582. The fourth-order valence-electron chi connectivity index (χ4n) is 4.08. The number of rotatable bonds is 6. The first-order chi connectivity index (χ1) is 15.6. The fraction of sp³-hybridized carbons (Fsp3) is 0.348. The molecular formula is C23H26N6S3. The highest BCUT2D eigenvalue weighted by molar-refractivity contribution is 8.00. The molecule has 1 aliphatic rings. The number of nitrogens with zero attached hydrogens (tertiary/aromatic N) is 6. The monoisotopic (exact) mass is 482 g/mol. The van der Waals surface area contributed by atoms with E-state index in [0.29, 0.717) is 12.7 Å². The molecule has 1 unspecified atom stereocenters. The van der Waals surface area contributed by atoms with Gasteiger partial charge in [-0.1, -0.05) is 54.2 Å². The van der Waals surface area contributed by atoms with Crippen molar-refractivity contribution >= 4 is 45.5 Å². The molecule has 0 bridgehead atoms. The summed E-state index contributed by atoms with van der Waals surface area (Å²) in [5.41, 5.74) is 2.40. The molecule has 9 heteroatoms. The average Bonchev–Trinajstić information content (AvgIpc) is 3.35. The second-order valence-electron chi connectivity index (χ2n) is 8.14.